The molecule has 0 atom stereocenters. The Morgan fingerprint density at radius 1 is 0.492 bits per heavy atom. The molecule has 0 unspecified atom stereocenters. The molecule has 5 amide bonds. The number of likely N-dealkylation sites (tertiary alicyclic amines) is 5. The van der Waals surface area contributed by atoms with Crippen LogP contribution in [0.4, 0.5) is 37.1 Å². The Hall–Kier alpha value is -7.35. The molecule has 0 spiro atoms. The number of hydrogen-bond acceptors (Lipinski definition) is 30. The summed E-state index contributed by atoms with van der Waals surface area (Å²) >= 11 is 0. The monoisotopic (exact) mass is 1870 g/mol. The average molecular weight is 1880 g/mol. The highest BCUT2D eigenvalue weighted by atomic mass is 35.7. The van der Waals surface area contributed by atoms with Gasteiger partial charge in [0.15, 0.2) is 5.78 Å². The molecule has 35 nitrogen and oxygen atoms in total. The summed E-state index contributed by atoms with van der Waals surface area (Å²) in [4.78, 5) is 110. The molecule has 0 aromatic heterocycles. The largest absolute Gasteiger partial charge is 0.463 e. The van der Waals surface area contributed by atoms with Crippen molar-refractivity contribution < 1.29 is 137 Å². The van der Waals surface area contributed by atoms with Gasteiger partial charge < -0.3 is 87.4 Å². The first-order valence-electron chi connectivity index (χ1n) is 42.6. The van der Waals surface area contributed by atoms with E-state index in [2.05, 4.69) is 58.8 Å². The Balaban J connectivity index is -0.000000672. The van der Waals surface area contributed by atoms with Crippen LogP contribution in [0, 0.1) is 0 Å². The molecule has 734 valence electrons. The van der Waals surface area contributed by atoms with E-state index in [1.165, 1.54) is 39.2 Å². The first-order chi connectivity index (χ1) is 58.8. The van der Waals surface area contributed by atoms with E-state index in [4.69, 9.17) is 60.0 Å². The first-order valence-corrected chi connectivity index (χ1v) is 45.7. The number of nitrogens with zero attached hydrogens (tertiary/aromatic N) is 7. The molecule has 0 aromatic carbocycles. The minimum Gasteiger partial charge on any atom is -0.463 e. The summed E-state index contributed by atoms with van der Waals surface area (Å²) in [6, 6.07) is 0. The summed E-state index contributed by atoms with van der Waals surface area (Å²) in [5.41, 5.74) is 3.48. The molecule has 10 aliphatic rings. The quantitative estimate of drug-likeness (QED) is 0.0311. The molecule has 126 heavy (non-hydrogen) atoms. The van der Waals surface area contributed by atoms with Crippen LogP contribution in [0.25, 0.3) is 0 Å². The van der Waals surface area contributed by atoms with E-state index < -0.39 is 65.7 Å². The lowest BCUT2D eigenvalue weighted by Crippen LogP contribution is -2.52. The number of Topliss-reactive ketones (excluding diaryl/α,β-unsaturated/α-hetero) is 1. The van der Waals surface area contributed by atoms with Crippen LogP contribution in [-0.2, 0) is 94.6 Å². The zero-order valence-corrected chi connectivity index (χ0v) is 80.2. The molecule has 10 saturated heterocycles. The number of esters is 2. The molecule has 3 N–H and O–H groups in total. The van der Waals surface area contributed by atoms with Gasteiger partial charge in [0.05, 0.1) is 91.7 Å². The lowest BCUT2D eigenvalue weighted by atomic mass is 10.1. The van der Waals surface area contributed by atoms with E-state index in [1.54, 1.807) is 96.8 Å². The Morgan fingerprint density at radius 2 is 0.778 bits per heavy atom. The number of aliphatic hydroxyl groups excluding tert-OH is 1. The average Bonchev–Trinajstić information content (AvgIpc) is 0.885. The predicted molar refractivity (Wildman–Crippen MR) is 479 cm³/mol. The van der Waals surface area contributed by atoms with Crippen molar-refractivity contribution >= 4 is 84.3 Å². The summed E-state index contributed by atoms with van der Waals surface area (Å²) in [6.45, 7) is 62.1. The third kappa shape index (κ3) is 73.5. The first kappa shape index (κ1) is 121. The number of alkyl halides is 3. The van der Waals surface area contributed by atoms with Crippen LogP contribution in [0.3, 0.4) is 0 Å². The molecule has 10 fully saturated rings. The van der Waals surface area contributed by atoms with Gasteiger partial charge in [-0.25, -0.2) is 42.0 Å². The topological polar surface area (TPSA) is 400 Å². The van der Waals surface area contributed by atoms with Crippen molar-refractivity contribution in [2.45, 2.75) is 200 Å². The molecular formula is C85H153ClF3N9O26S2. The smallest absolute Gasteiger partial charge is 0.446 e. The maximum atomic E-state index is 11.7. The van der Waals surface area contributed by atoms with Crippen molar-refractivity contribution in [3.05, 3.63) is 70.9 Å². The second kappa shape index (κ2) is 66.1. The molecule has 10 heterocycles. The maximum Gasteiger partial charge on any atom is 0.446 e. The Labute approximate surface area is 756 Å². The summed E-state index contributed by atoms with van der Waals surface area (Å²) in [6.07, 6.45) is 7.72. The number of hydrogen-bond donors (Lipinski definition) is 3. The van der Waals surface area contributed by atoms with E-state index in [1.807, 2.05) is 62.3 Å². The second-order valence-electron chi connectivity index (χ2n) is 32.8. The standard InChI is InChI=1S/C14H24N2O3.C12H19NO4.C11H19NO5S.C10H17NO3.C9H16N2O.C8H13NO3.C5H8O2.C4H9NO.C4H8O.C2HF3O.2C2H6.CH3ClO2S.CH4/c1-14(2,3)19-13(17)16-10-12(11-16)4-5-15-6-8-18-9-7-15;1-5-16-10(14)6-9-7-13(8-9)11(15)17-12(2,3)4;1-11(2,3)17-10(13)12-7-9(8-12)5-6-16-18(4,14)15;1-10(2,3)14-9(13)11-6-8(7-11)4-5-12;1(9-7-10-8-9)2-11-3-5-12-6-4-11;1-8(2,3)12-7(11)9-4-6(10)5-9;1-3-5(6)7-4-2;1-3-6-4-2-5-1;1-2-4-5-3-1;3-2(4,5)1-6;2*1-2;1-5(2,3)4;/h4H,5-11H2,1-3H3;6H,5,7-8H2,1-4H3;5H,6-8H2,1-4H3;4,12H,5-7H2,1-3H3;1,10H,2-8H2;4-5H2,1-3H3;3H,1,4H2,2H3;5H,1-4H2;1-4H2;1H;2*1-2H3;1H3;1H4/i;;;;;;;;;;2*1D;;. The number of aliphatic hydroxyl groups is 1. The number of ketones is 1. The van der Waals surface area contributed by atoms with Crippen molar-refractivity contribution in [2.75, 3.05) is 223 Å². The lowest BCUT2D eigenvalue weighted by Gasteiger charge is -2.36. The van der Waals surface area contributed by atoms with Crippen LogP contribution >= 0.6 is 10.7 Å². The van der Waals surface area contributed by atoms with Gasteiger partial charge in [0.2, 0.25) is 15.3 Å². The number of aldehydes is 1. The number of morpholine rings is 3. The van der Waals surface area contributed by atoms with Crippen molar-refractivity contribution in [2.24, 2.45) is 0 Å². The molecule has 0 aliphatic carbocycles. The molecule has 10 aliphatic heterocycles. The van der Waals surface area contributed by atoms with Crippen molar-refractivity contribution in [1.82, 2.24) is 44.9 Å². The number of amides is 5. The fraction of sp³-hybridized carbons (Fsp3) is 0.753. The van der Waals surface area contributed by atoms with Crippen molar-refractivity contribution in [3.8, 4) is 0 Å². The SMILES string of the molecule is C.C(CN1CCOCC1)=C1CNC1.C1CCOC1.C1COCCN1.C=CC(=O)OCC.CC(C)(C)OC(=O)N1CC(=CCN2CCOCC2)C1.CC(C)(C)OC(=O)N1CC(=CCO)C1.CC(C)(C)OC(=O)N1CC(=CCOS(C)(=O)=O)C1.CC(C)(C)OC(=O)N1CC(=O)C1.CCOC(=O)C=C1CN(C(=O)OC(C)(C)C)C1.CS(=O)(=O)Cl.O=CC(F)(F)F.[2H]CC.[2H]CC. The number of carbonyl (C=O) groups excluding carboxylic acids is 9. The highest BCUT2D eigenvalue weighted by Gasteiger charge is 2.35. The highest BCUT2D eigenvalue weighted by molar-refractivity contribution is 8.13. The molecule has 0 saturated carbocycles. The van der Waals surface area contributed by atoms with E-state index >= 15 is 0 Å². The molecule has 10 rings (SSSR count). The summed E-state index contributed by atoms with van der Waals surface area (Å²) in [7, 11) is -2.10. The third-order valence-electron chi connectivity index (χ3n) is 15.2. The van der Waals surface area contributed by atoms with Gasteiger partial charge in [-0.1, -0.05) is 66.0 Å². The Morgan fingerprint density at radius 3 is 1.01 bits per heavy atom. The van der Waals surface area contributed by atoms with Gasteiger partial charge in [-0.2, -0.15) is 21.6 Å². The van der Waals surface area contributed by atoms with Crippen LogP contribution < -0.4 is 10.6 Å². The van der Waals surface area contributed by atoms with Crippen LogP contribution in [0.1, 0.15) is 168 Å². The van der Waals surface area contributed by atoms with E-state index in [-0.39, 0.29) is 75.8 Å². The fourth-order valence-corrected chi connectivity index (χ4v) is 9.71. The van der Waals surface area contributed by atoms with E-state index in [9.17, 15) is 68.4 Å². The zero-order chi connectivity index (χ0) is 97.9. The number of nitrogens with one attached hydrogen (secondary N) is 2. The molecule has 0 bridgehead atoms. The van der Waals surface area contributed by atoms with Gasteiger partial charge in [-0.05, 0) is 158 Å². The number of halogens is 4. The van der Waals surface area contributed by atoms with Gasteiger partial charge in [0.1, 0.15) is 28.0 Å². The maximum absolute atomic E-state index is 11.7. The zero-order valence-electron chi connectivity index (χ0n) is 79.8. The van der Waals surface area contributed by atoms with Crippen LogP contribution in [0.15, 0.2) is 70.9 Å². The van der Waals surface area contributed by atoms with Crippen LogP contribution in [0.5, 0.6) is 0 Å². The summed E-state index contributed by atoms with van der Waals surface area (Å²) in [5, 5.41) is 15.0. The molecule has 0 radical (unpaired) electrons. The van der Waals surface area contributed by atoms with Gasteiger partial charge in [0.25, 0.3) is 10.1 Å². The predicted octanol–water partition coefficient (Wildman–Crippen LogP) is 10.9. The third-order valence-corrected chi connectivity index (χ3v) is 15.8. The minimum absolute atomic E-state index is 0. The summed E-state index contributed by atoms with van der Waals surface area (Å²) < 4.78 is 144. The Kier molecular flexibility index (Phi) is 63.3. The van der Waals surface area contributed by atoms with Gasteiger partial charge in [-0.15, -0.1) is 0 Å². The van der Waals surface area contributed by atoms with Crippen molar-refractivity contribution in [1.29, 1.82) is 0 Å². The van der Waals surface area contributed by atoms with Gasteiger partial charge >= 0.3 is 48.6 Å². The van der Waals surface area contributed by atoms with E-state index in [0.29, 0.717) is 79.4 Å². The number of ether oxygens (including phenoxy) is 11. The molecular weight excluding hydrogens is 1720 g/mol. The normalized spacial score (nSPS) is 17.2. The van der Waals surface area contributed by atoms with E-state index in [0.717, 1.165) is 154 Å². The van der Waals surface area contributed by atoms with Crippen LogP contribution in [-0.4, -0.2) is 368 Å². The van der Waals surface area contributed by atoms with Crippen molar-refractivity contribution in [3.63, 3.8) is 0 Å². The number of rotatable bonds is 12. The second-order valence-corrected chi connectivity index (χ2v) is 37.5. The summed E-state index contributed by atoms with van der Waals surface area (Å²) in [5.74, 6) is -0.630. The minimum atomic E-state index is -4.64. The lowest BCUT2D eigenvalue weighted by molar-refractivity contribution is -0.156. The van der Waals surface area contributed by atoms with Crippen LogP contribution in [0.2, 0.25) is 0 Å². The fourth-order valence-electron chi connectivity index (χ4n) is 9.39. The van der Waals surface area contributed by atoms with Gasteiger partial charge in [0, 0.05) is 157 Å². The molecule has 0 aromatic rings. The number of carbonyl (C=O) groups is 9. The highest BCUT2D eigenvalue weighted by Crippen LogP contribution is 2.24. The van der Waals surface area contributed by atoms with Gasteiger partial charge in [-0.3, -0.25) is 28.5 Å². The Bertz CT molecular complexity index is 3550. The molecule has 41 heteroatoms.